The Balaban J connectivity index is 1.50. The van der Waals surface area contributed by atoms with Gasteiger partial charge in [-0.05, 0) is 41.9 Å². The van der Waals surface area contributed by atoms with Crippen molar-refractivity contribution in [3.63, 3.8) is 0 Å². The van der Waals surface area contributed by atoms with Crippen molar-refractivity contribution in [2.45, 2.75) is 24.5 Å². The molecule has 0 aliphatic carbocycles. The first kappa shape index (κ1) is 15.1. The second-order valence-electron chi connectivity index (χ2n) is 5.43. The van der Waals surface area contributed by atoms with Crippen LogP contribution >= 0.6 is 11.8 Å². The summed E-state index contributed by atoms with van der Waals surface area (Å²) in [6.45, 7) is 0.711. The molecule has 0 bridgehead atoms. The van der Waals surface area contributed by atoms with E-state index in [0.29, 0.717) is 24.6 Å². The number of rotatable bonds is 5. The van der Waals surface area contributed by atoms with Gasteiger partial charge >= 0.3 is 0 Å². The molecule has 1 aliphatic rings. The quantitative estimate of drug-likeness (QED) is 0.922. The largest absolute Gasteiger partial charge is 0.355 e. The number of hydrogen-bond acceptors (Lipinski definition) is 3. The van der Waals surface area contributed by atoms with E-state index in [1.807, 2.05) is 30.0 Å². The van der Waals surface area contributed by atoms with Gasteiger partial charge in [0.15, 0.2) is 0 Å². The monoisotopic (exact) mass is 312 g/mol. The fraction of sp³-hybridized carbons (Fsp3) is 0.333. The van der Waals surface area contributed by atoms with E-state index < -0.39 is 0 Å². The van der Waals surface area contributed by atoms with Crippen molar-refractivity contribution in [1.82, 2.24) is 10.3 Å². The average Bonchev–Trinajstić information content (AvgIpc) is 2.59. The third-order valence-electron chi connectivity index (χ3n) is 3.91. The molecular formula is C18H20N2OS. The van der Waals surface area contributed by atoms with Gasteiger partial charge in [0.1, 0.15) is 0 Å². The molecule has 0 unspecified atom stereocenters. The van der Waals surface area contributed by atoms with E-state index in [1.165, 1.54) is 11.1 Å². The lowest BCUT2D eigenvalue weighted by atomic mass is 10.0. The molecule has 2 aromatic rings. The molecule has 3 nitrogen and oxygen atoms in total. The van der Waals surface area contributed by atoms with Gasteiger partial charge in [0.25, 0.3) is 0 Å². The Labute approximate surface area is 135 Å². The van der Waals surface area contributed by atoms with E-state index in [1.54, 1.807) is 6.20 Å². The number of hydrogen-bond donors (Lipinski definition) is 1. The number of thioether (sulfide) groups is 1. The highest BCUT2D eigenvalue weighted by atomic mass is 32.2. The van der Waals surface area contributed by atoms with Gasteiger partial charge in [-0.15, -0.1) is 0 Å². The molecule has 0 saturated heterocycles. The molecule has 0 spiro atoms. The summed E-state index contributed by atoms with van der Waals surface area (Å²) >= 11 is 1.94. The first-order valence-electron chi connectivity index (χ1n) is 7.69. The maximum Gasteiger partial charge on any atom is 0.220 e. The third kappa shape index (κ3) is 3.89. The summed E-state index contributed by atoms with van der Waals surface area (Å²) in [5.41, 5.74) is 3.77. The van der Waals surface area contributed by atoms with Crippen molar-refractivity contribution in [1.29, 1.82) is 0 Å². The fourth-order valence-corrected chi connectivity index (χ4v) is 3.96. The zero-order chi connectivity index (χ0) is 15.2. The highest BCUT2D eigenvalue weighted by molar-refractivity contribution is 7.99. The number of fused-ring (bicyclic) bond motifs is 1. The van der Waals surface area contributed by atoms with Crippen LogP contribution in [-0.2, 0) is 17.6 Å². The molecule has 2 heterocycles. The predicted octanol–water partition coefficient (Wildman–Crippen LogP) is 3.16. The van der Waals surface area contributed by atoms with Crippen LogP contribution in [0.15, 0.2) is 48.7 Å². The molecule has 1 atom stereocenters. The van der Waals surface area contributed by atoms with E-state index in [2.05, 4.69) is 34.6 Å². The van der Waals surface area contributed by atoms with Gasteiger partial charge in [0.2, 0.25) is 5.91 Å². The van der Waals surface area contributed by atoms with Gasteiger partial charge in [0, 0.05) is 30.1 Å². The number of aromatic nitrogens is 1. The van der Waals surface area contributed by atoms with Crippen molar-refractivity contribution in [2.24, 2.45) is 0 Å². The van der Waals surface area contributed by atoms with Crippen LogP contribution < -0.4 is 5.32 Å². The van der Waals surface area contributed by atoms with E-state index in [0.717, 1.165) is 17.9 Å². The van der Waals surface area contributed by atoms with Gasteiger partial charge in [-0.25, -0.2) is 0 Å². The summed E-state index contributed by atoms with van der Waals surface area (Å²) in [5.74, 6) is 1.24. The van der Waals surface area contributed by atoms with Crippen LogP contribution in [0.3, 0.4) is 0 Å². The van der Waals surface area contributed by atoms with E-state index in [-0.39, 0.29) is 5.91 Å². The molecule has 4 heteroatoms. The zero-order valence-electron chi connectivity index (χ0n) is 12.5. The molecule has 1 aromatic heterocycles. The molecule has 1 amide bonds. The van der Waals surface area contributed by atoms with Crippen molar-refractivity contribution >= 4 is 17.7 Å². The minimum atomic E-state index is 0.106. The van der Waals surface area contributed by atoms with Crippen LogP contribution in [0, 0.1) is 0 Å². The van der Waals surface area contributed by atoms with Crippen molar-refractivity contribution < 1.29 is 4.79 Å². The fourth-order valence-electron chi connectivity index (χ4n) is 2.73. The van der Waals surface area contributed by atoms with Crippen LogP contribution in [0.1, 0.15) is 28.5 Å². The molecule has 1 aromatic carbocycles. The lowest BCUT2D eigenvalue weighted by Gasteiger charge is -2.25. The average molecular weight is 312 g/mol. The van der Waals surface area contributed by atoms with Gasteiger partial charge in [-0.2, -0.15) is 11.8 Å². The van der Waals surface area contributed by atoms with Crippen molar-refractivity contribution in [2.75, 3.05) is 12.3 Å². The maximum atomic E-state index is 12.0. The number of carbonyl (C=O) groups is 1. The predicted molar refractivity (Wildman–Crippen MR) is 90.9 cm³/mol. The minimum Gasteiger partial charge on any atom is -0.355 e. The number of nitrogens with one attached hydrogen (secondary N) is 1. The molecule has 0 fully saturated rings. The Hall–Kier alpha value is -1.81. The Morgan fingerprint density at radius 1 is 1.23 bits per heavy atom. The second-order valence-corrected chi connectivity index (χ2v) is 6.74. The van der Waals surface area contributed by atoms with Gasteiger partial charge in [-0.3, -0.25) is 9.78 Å². The Kier molecular flexibility index (Phi) is 5.11. The summed E-state index contributed by atoms with van der Waals surface area (Å²) in [6, 6.07) is 14.4. The number of benzene rings is 1. The van der Waals surface area contributed by atoms with E-state index in [9.17, 15) is 4.79 Å². The van der Waals surface area contributed by atoms with Crippen LogP contribution in [0.5, 0.6) is 0 Å². The van der Waals surface area contributed by atoms with Gasteiger partial charge in [0.05, 0.1) is 0 Å². The first-order chi connectivity index (χ1) is 10.8. The van der Waals surface area contributed by atoms with Crippen LogP contribution in [0.2, 0.25) is 0 Å². The topological polar surface area (TPSA) is 42.0 Å². The lowest BCUT2D eigenvalue weighted by molar-refractivity contribution is -0.121. The van der Waals surface area contributed by atoms with E-state index in [4.69, 9.17) is 0 Å². The van der Waals surface area contributed by atoms with Crippen LogP contribution in [0.4, 0.5) is 0 Å². The molecule has 0 saturated carbocycles. The molecule has 3 rings (SSSR count). The number of aryl methyl sites for hydroxylation is 2. The third-order valence-corrected chi connectivity index (χ3v) is 5.17. The highest BCUT2D eigenvalue weighted by Crippen LogP contribution is 2.35. The van der Waals surface area contributed by atoms with E-state index >= 15 is 0 Å². The first-order valence-corrected chi connectivity index (χ1v) is 8.74. The summed E-state index contributed by atoms with van der Waals surface area (Å²) < 4.78 is 0. The molecular weight excluding hydrogens is 292 g/mol. The Morgan fingerprint density at radius 3 is 2.95 bits per heavy atom. The minimum absolute atomic E-state index is 0.106. The van der Waals surface area contributed by atoms with Gasteiger partial charge < -0.3 is 5.32 Å². The summed E-state index contributed by atoms with van der Waals surface area (Å²) in [5, 5.41) is 3.45. The normalized spacial score (nSPS) is 16.8. The second kappa shape index (κ2) is 7.45. The molecule has 1 N–H and O–H groups in total. The van der Waals surface area contributed by atoms with Crippen molar-refractivity contribution in [3.8, 4) is 0 Å². The molecule has 1 aliphatic heterocycles. The maximum absolute atomic E-state index is 12.0. The smallest absolute Gasteiger partial charge is 0.220 e. The molecule has 22 heavy (non-hydrogen) atoms. The summed E-state index contributed by atoms with van der Waals surface area (Å²) in [4.78, 5) is 16.3. The molecule has 0 radical (unpaired) electrons. The van der Waals surface area contributed by atoms with Crippen LogP contribution in [0.25, 0.3) is 0 Å². The zero-order valence-corrected chi connectivity index (χ0v) is 13.3. The summed E-state index contributed by atoms with van der Waals surface area (Å²) in [6.07, 6.45) is 4.09. The SMILES string of the molecule is O=C(CCc1ccccn1)NC[C@@H]1SCCc2ccccc21. The molecule has 114 valence electrons. The number of nitrogens with zero attached hydrogens (tertiary/aromatic N) is 1. The number of amides is 1. The van der Waals surface area contributed by atoms with Gasteiger partial charge in [-0.1, -0.05) is 30.3 Å². The standard InChI is InChI=1S/C18H20N2OS/c21-18(9-8-15-6-3-4-11-19-15)20-13-17-16-7-2-1-5-14(16)10-12-22-17/h1-7,11,17H,8-10,12-13H2,(H,20,21)/t17-/m0/s1. The Morgan fingerprint density at radius 2 is 2.09 bits per heavy atom. The lowest BCUT2D eigenvalue weighted by Crippen LogP contribution is -2.29. The van der Waals surface area contributed by atoms with Crippen molar-refractivity contribution in [3.05, 3.63) is 65.5 Å². The Bertz CT molecular complexity index is 630. The number of carbonyl (C=O) groups excluding carboxylic acids is 1. The van der Waals surface area contributed by atoms with Crippen LogP contribution in [-0.4, -0.2) is 23.2 Å². The number of pyridine rings is 1. The highest BCUT2D eigenvalue weighted by Gasteiger charge is 2.20. The summed E-state index contributed by atoms with van der Waals surface area (Å²) in [7, 11) is 0.